The van der Waals surface area contributed by atoms with E-state index >= 15 is 0 Å². The van der Waals surface area contributed by atoms with Gasteiger partial charge in [0.25, 0.3) is 5.91 Å². The summed E-state index contributed by atoms with van der Waals surface area (Å²) in [5, 5.41) is 13.5. The SMILES string of the molecule is Cn1cccc1C(=O)N[C@@H]1CCC[C@@H](Oc2cccnc2)[C@@H]1O. The van der Waals surface area contributed by atoms with Crippen LogP contribution in [0.5, 0.6) is 5.75 Å². The molecule has 6 nitrogen and oxygen atoms in total. The molecule has 0 unspecified atom stereocenters. The maximum atomic E-state index is 12.3. The van der Waals surface area contributed by atoms with Crippen molar-refractivity contribution in [2.45, 2.75) is 37.5 Å². The molecule has 0 bridgehead atoms. The van der Waals surface area contributed by atoms with Crippen LogP contribution in [0.25, 0.3) is 0 Å². The molecule has 2 heterocycles. The molecular weight excluding hydrogens is 294 g/mol. The van der Waals surface area contributed by atoms with Crippen LogP contribution in [0.1, 0.15) is 29.8 Å². The van der Waals surface area contributed by atoms with Crippen molar-refractivity contribution >= 4 is 5.91 Å². The molecule has 23 heavy (non-hydrogen) atoms. The van der Waals surface area contributed by atoms with Gasteiger partial charge in [-0.15, -0.1) is 0 Å². The molecule has 1 aliphatic carbocycles. The number of rotatable bonds is 4. The number of aliphatic hydroxyl groups excluding tert-OH is 1. The van der Waals surface area contributed by atoms with Gasteiger partial charge in [0.15, 0.2) is 0 Å². The quantitative estimate of drug-likeness (QED) is 0.897. The summed E-state index contributed by atoms with van der Waals surface area (Å²) in [4.78, 5) is 16.3. The maximum Gasteiger partial charge on any atom is 0.268 e. The Morgan fingerprint density at radius 1 is 1.39 bits per heavy atom. The number of carbonyl (C=O) groups is 1. The zero-order valence-electron chi connectivity index (χ0n) is 13.1. The monoisotopic (exact) mass is 315 g/mol. The molecule has 1 amide bonds. The lowest BCUT2D eigenvalue weighted by atomic mass is 9.89. The van der Waals surface area contributed by atoms with Crippen molar-refractivity contribution in [3.8, 4) is 5.75 Å². The second kappa shape index (κ2) is 6.83. The van der Waals surface area contributed by atoms with E-state index < -0.39 is 6.10 Å². The van der Waals surface area contributed by atoms with Crippen LogP contribution in [-0.2, 0) is 7.05 Å². The van der Waals surface area contributed by atoms with Crippen LogP contribution in [0.3, 0.4) is 0 Å². The van der Waals surface area contributed by atoms with Gasteiger partial charge in [-0.25, -0.2) is 0 Å². The number of nitrogens with one attached hydrogen (secondary N) is 1. The average molecular weight is 315 g/mol. The van der Waals surface area contributed by atoms with Crippen molar-refractivity contribution < 1.29 is 14.6 Å². The van der Waals surface area contributed by atoms with Crippen molar-refractivity contribution in [3.63, 3.8) is 0 Å². The number of amides is 1. The molecule has 0 saturated heterocycles. The summed E-state index contributed by atoms with van der Waals surface area (Å²) in [5.41, 5.74) is 0.576. The first-order valence-electron chi connectivity index (χ1n) is 7.82. The Labute approximate surface area is 135 Å². The van der Waals surface area contributed by atoms with Crippen molar-refractivity contribution in [1.29, 1.82) is 0 Å². The summed E-state index contributed by atoms with van der Waals surface area (Å²) in [5.74, 6) is 0.453. The minimum absolute atomic E-state index is 0.177. The minimum Gasteiger partial charge on any atom is -0.486 e. The molecule has 6 heteroatoms. The molecule has 2 aromatic rings. The van der Waals surface area contributed by atoms with Crippen molar-refractivity contribution in [2.24, 2.45) is 7.05 Å². The van der Waals surface area contributed by atoms with E-state index in [0.717, 1.165) is 19.3 Å². The zero-order valence-corrected chi connectivity index (χ0v) is 13.1. The molecule has 122 valence electrons. The largest absolute Gasteiger partial charge is 0.486 e. The standard InChI is InChI=1S/C17H21N3O3/c1-20-10-4-7-14(20)17(22)19-13-6-2-8-15(16(13)21)23-12-5-3-9-18-11-12/h3-5,7,9-11,13,15-16,21H,2,6,8H2,1H3,(H,19,22)/t13-,15-,16-/m1/s1. The van der Waals surface area contributed by atoms with Crippen LogP contribution >= 0.6 is 0 Å². The summed E-state index contributed by atoms with van der Waals surface area (Å²) >= 11 is 0. The fraction of sp³-hybridized carbons (Fsp3) is 0.412. The average Bonchev–Trinajstić information content (AvgIpc) is 2.98. The molecular formula is C17H21N3O3. The van der Waals surface area contributed by atoms with Gasteiger partial charge in [0, 0.05) is 19.4 Å². The van der Waals surface area contributed by atoms with E-state index in [1.54, 1.807) is 29.1 Å². The van der Waals surface area contributed by atoms with Crippen LogP contribution in [0.2, 0.25) is 0 Å². The van der Waals surface area contributed by atoms with Gasteiger partial charge in [0.05, 0.1) is 12.2 Å². The molecule has 1 aliphatic rings. The highest BCUT2D eigenvalue weighted by Gasteiger charge is 2.34. The van der Waals surface area contributed by atoms with Crippen LogP contribution < -0.4 is 10.1 Å². The third-order valence-electron chi connectivity index (χ3n) is 4.21. The number of carbonyl (C=O) groups excluding carboxylic acids is 1. The summed E-state index contributed by atoms with van der Waals surface area (Å²) in [6.07, 6.45) is 6.42. The van der Waals surface area contributed by atoms with Gasteiger partial charge in [-0.2, -0.15) is 0 Å². The Balaban J connectivity index is 1.64. The number of nitrogens with zero attached hydrogens (tertiary/aromatic N) is 2. The van der Waals surface area contributed by atoms with E-state index in [2.05, 4.69) is 10.3 Å². The molecule has 1 fully saturated rings. The van der Waals surface area contributed by atoms with E-state index in [4.69, 9.17) is 4.74 Å². The zero-order chi connectivity index (χ0) is 16.2. The van der Waals surface area contributed by atoms with Crippen LogP contribution in [0.15, 0.2) is 42.9 Å². The number of hydrogen-bond acceptors (Lipinski definition) is 4. The highest BCUT2D eigenvalue weighted by atomic mass is 16.5. The molecule has 0 aliphatic heterocycles. The Morgan fingerprint density at radius 3 is 2.96 bits per heavy atom. The molecule has 0 spiro atoms. The lowest BCUT2D eigenvalue weighted by Crippen LogP contribution is -2.53. The molecule has 0 radical (unpaired) electrons. The predicted octanol–water partition coefficient (Wildman–Crippen LogP) is 1.51. The van der Waals surface area contributed by atoms with Gasteiger partial charge < -0.3 is 19.7 Å². The van der Waals surface area contributed by atoms with Crippen LogP contribution in [-0.4, -0.2) is 38.8 Å². The van der Waals surface area contributed by atoms with Gasteiger partial charge in [-0.3, -0.25) is 9.78 Å². The number of aromatic nitrogens is 2. The highest BCUT2D eigenvalue weighted by molar-refractivity contribution is 5.92. The fourth-order valence-electron chi connectivity index (χ4n) is 2.96. The van der Waals surface area contributed by atoms with E-state index in [1.165, 1.54) is 0 Å². The van der Waals surface area contributed by atoms with Crippen LogP contribution in [0.4, 0.5) is 0 Å². The predicted molar refractivity (Wildman–Crippen MR) is 85.2 cm³/mol. The first-order chi connectivity index (χ1) is 11.1. The van der Waals surface area contributed by atoms with Crippen LogP contribution in [0, 0.1) is 0 Å². The van der Waals surface area contributed by atoms with Crippen molar-refractivity contribution in [1.82, 2.24) is 14.9 Å². The first-order valence-corrected chi connectivity index (χ1v) is 7.82. The normalized spacial score (nSPS) is 24.2. The third-order valence-corrected chi connectivity index (χ3v) is 4.21. The Hall–Kier alpha value is -2.34. The molecule has 3 atom stereocenters. The topological polar surface area (TPSA) is 76.4 Å². The summed E-state index contributed by atoms with van der Waals surface area (Å²) in [6, 6.07) is 6.87. The number of ether oxygens (including phenoxy) is 1. The van der Waals surface area contributed by atoms with E-state index in [1.807, 2.05) is 25.4 Å². The van der Waals surface area contributed by atoms with Gasteiger partial charge in [0.2, 0.25) is 0 Å². The van der Waals surface area contributed by atoms with Gasteiger partial charge >= 0.3 is 0 Å². The Morgan fingerprint density at radius 2 is 2.26 bits per heavy atom. The maximum absolute atomic E-state index is 12.3. The second-order valence-corrected chi connectivity index (χ2v) is 5.85. The van der Waals surface area contributed by atoms with Gasteiger partial charge in [-0.05, 0) is 43.5 Å². The third kappa shape index (κ3) is 3.53. The molecule has 3 rings (SSSR count). The second-order valence-electron chi connectivity index (χ2n) is 5.85. The molecule has 2 aromatic heterocycles. The summed E-state index contributed by atoms with van der Waals surface area (Å²) < 4.78 is 7.58. The molecule has 0 aromatic carbocycles. The smallest absolute Gasteiger partial charge is 0.268 e. The van der Waals surface area contributed by atoms with E-state index in [0.29, 0.717) is 11.4 Å². The van der Waals surface area contributed by atoms with Gasteiger partial charge in [0.1, 0.15) is 23.7 Å². The minimum atomic E-state index is -0.742. The van der Waals surface area contributed by atoms with Crippen molar-refractivity contribution in [2.75, 3.05) is 0 Å². The lowest BCUT2D eigenvalue weighted by Gasteiger charge is -2.35. The fourth-order valence-corrected chi connectivity index (χ4v) is 2.96. The van der Waals surface area contributed by atoms with Gasteiger partial charge in [-0.1, -0.05) is 0 Å². The Bertz CT molecular complexity index is 656. The summed E-state index contributed by atoms with van der Waals surface area (Å²) in [7, 11) is 1.82. The first kappa shape index (κ1) is 15.6. The van der Waals surface area contributed by atoms with Crippen molar-refractivity contribution in [3.05, 3.63) is 48.5 Å². The molecule has 2 N–H and O–H groups in total. The lowest BCUT2D eigenvalue weighted by molar-refractivity contribution is -0.0142. The number of pyridine rings is 1. The highest BCUT2D eigenvalue weighted by Crippen LogP contribution is 2.24. The Kier molecular flexibility index (Phi) is 4.62. The van der Waals surface area contributed by atoms with E-state index in [9.17, 15) is 9.90 Å². The molecule has 1 saturated carbocycles. The number of aliphatic hydroxyl groups is 1. The van der Waals surface area contributed by atoms with E-state index in [-0.39, 0.29) is 18.1 Å². The number of aryl methyl sites for hydroxylation is 1. The number of hydrogen-bond donors (Lipinski definition) is 2. The summed E-state index contributed by atoms with van der Waals surface area (Å²) in [6.45, 7) is 0.